The largest absolute Gasteiger partial charge is 0.371 e. The fourth-order valence-electron chi connectivity index (χ4n) is 3.61. The average Bonchev–Trinajstić information content (AvgIpc) is 2.79. The lowest BCUT2D eigenvalue weighted by Gasteiger charge is -2.25. The van der Waals surface area contributed by atoms with Crippen LogP contribution in [0.4, 0.5) is 5.69 Å². The summed E-state index contributed by atoms with van der Waals surface area (Å²) in [5, 5.41) is 2.67. The zero-order chi connectivity index (χ0) is 14.7. The highest BCUT2D eigenvalue weighted by Gasteiger charge is 2.17. The first-order valence-electron chi connectivity index (χ1n) is 8.29. The Morgan fingerprint density at radius 2 is 1.86 bits per heavy atom. The normalized spacial score (nSPS) is 19.7. The van der Waals surface area contributed by atoms with Crippen molar-refractivity contribution >= 4 is 16.5 Å². The Labute approximate surface area is 127 Å². The molecule has 2 heteroatoms. The number of anilines is 1. The summed E-state index contributed by atoms with van der Waals surface area (Å²) in [6.45, 7) is 5.30. The van der Waals surface area contributed by atoms with Crippen molar-refractivity contribution in [2.75, 3.05) is 18.0 Å². The van der Waals surface area contributed by atoms with E-state index >= 15 is 0 Å². The number of benzene rings is 2. The van der Waals surface area contributed by atoms with Crippen LogP contribution in [0.2, 0.25) is 0 Å². The first-order valence-corrected chi connectivity index (χ1v) is 8.29. The molecule has 2 N–H and O–H groups in total. The molecule has 0 spiro atoms. The summed E-state index contributed by atoms with van der Waals surface area (Å²) in [6.07, 6.45) is 5.33. The summed E-state index contributed by atoms with van der Waals surface area (Å²) < 4.78 is 0. The molecule has 112 valence electrons. The second-order valence-corrected chi connectivity index (χ2v) is 6.19. The van der Waals surface area contributed by atoms with Crippen LogP contribution in [-0.4, -0.2) is 13.1 Å². The lowest BCUT2D eigenvalue weighted by atomic mass is 9.98. The zero-order valence-electron chi connectivity index (χ0n) is 13.0. The number of nitrogens with zero attached hydrogens (tertiary/aromatic N) is 1. The van der Waals surface area contributed by atoms with Crippen LogP contribution in [0.1, 0.15) is 38.2 Å². The van der Waals surface area contributed by atoms with Crippen LogP contribution in [0.3, 0.4) is 0 Å². The van der Waals surface area contributed by atoms with Crippen LogP contribution in [0, 0.1) is 5.92 Å². The fourth-order valence-corrected chi connectivity index (χ4v) is 3.61. The van der Waals surface area contributed by atoms with Crippen LogP contribution in [-0.2, 0) is 6.54 Å². The molecule has 2 aromatic carbocycles. The van der Waals surface area contributed by atoms with E-state index in [1.165, 1.54) is 60.8 Å². The van der Waals surface area contributed by atoms with Crippen molar-refractivity contribution < 1.29 is 0 Å². The Morgan fingerprint density at radius 3 is 2.62 bits per heavy atom. The number of fused-ring (bicyclic) bond motifs is 1. The van der Waals surface area contributed by atoms with E-state index in [2.05, 4.69) is 48.2 Å². The third kappa shape index (κ3) is 2.91. The van der Waals surface area contributed by atoms with Gasteiger partial charge in [-0.1, -0.05) is 43.7 Å². The van der Waals surface area contributed by atoms with Crippen molar-refractivity contribution in [2.24, 2.45) is 11.7 Å². The van der Waals surface area contributed by atoms with Crippen LogP contribution < -0.4 is 10.6 Å². The highest BCUT2D eigenvalue weighted by atomic mass is 15.1. The molecule has 21 heavy (non-hydrogen) atoms. The highest BCUT2D eigenvalue weighted by Crippen LogP contribution is 2.32. The van der Waals surface area contributed by atoms with Gasteiger partial charge in [0.25, 0.3) is 0 Å². The lowest BCUT2D eigenvalue weighted by molar-refractivity contribution is 0.459. The second-order valence-electron chi connectivity index (χ2n) is 6.19. The molecule has 1 heterocycles. The summed E-state index contributed by atoms with van der Waals surface area (Å²) in [7, 11) is 0. The van der Waals surface area contributed by atoms with Crippen molar-refractivity contribution in [1.82, 2.24) is 0 Å². The first-order chi connectivity index (χ1) is 10.3. The number of hydrogen-bond acceptors (Lipinski definition) is 2. The maximum atomic E-state index is 5.89. The summed E-state index contributed by atoms with van der Waals surface area (Å²) in [5.41, 5.74) is 8.53. The van der Waals surface area contributed by atoms with E-state index in [1.54, 1.807) is 0 Å². The van der Waals surface area contributed by atoms with Gasteiger partial charge >= 0.3 is 0 Å². The summed E-state index contributed by atoms with van der Waals surface area (Å²) in [5.74, 6) is 0.907. The second kappa shape index (κ2) is 6.48. The van der Waals surface area contributed by atoms with E-state index in [0.29, 0.717) is 6.54 Å². The maximum absolute atomic E-state index is 5.89. The van der Waals surface area contributed by atoms with Gasteiger partial charge in [0.1, 0.15) is 0 Å². The predicted molar refractivity (Wildman–Crippen MR) is 91.7 cm³/mol. The van der Waals surface area contributed by atoms with E-state index in [0.717, 1.165) is 5.92 Å². The average molecular weight is 282 g/mol. The Morgan fingerprint density at radius 1 is 1.05 bits per heavy atom. The number of nitrogens with two attached hydrogens (primary N) is 1. The van der Waals surface area contributed by atoms with Gasteiger partial charge in [0.2, 0.25) is 0 Å². The molecule has 1 fully saturated rings. The molecule has 3 rings (SSSR count). The Bertz CT molecular complexity index is 606. The molecule has 0 bridgehead atoms. The molecule has 0 amide bonds. The molecule has 0 saturated carbocycles. The Balaban J connectivity index is 1.97. The van der Waals surface area contributed by atoms with Gasteiger partial charge in [0.15, 0.2) is 0 Å². The van der Waals surface area contributed by atoms with Crippen LogP contribution in [0.25, 0.3) is 10.8 Å². The van der Waals surface area contributed by atoms with Crippen LogP contribution in [0.15, 0.2) is 36.4 Å². The molecule has 1 aliphatic rings. The van der Waals surface area contributed by atoms with Crippen molar-refractivity contribution in [3.8, 4) is 0 Å². The molecule has 0 aliphatic carbocycles. The van der Waals surface area contributed by atoms with E-state index in [1.807, 2.05) is 0 Å². The SMILES string of the molecule is CCC1CCCN(c2ccc(CN)c3ccccc23)CC1. The molecular weight excluding hydrogens is 256 g/mol. The quantitative estimate of drug-likeness (QED) is 0.908. The first kappa shape index (κ1) is 14.4. The van der Waals surface area contributed by atoms with Gasteiger partial charge < -0.3 is 10.6 Å². The summed E-state index contributed by atoms with van der Waals surface area (Å²) >= 11 is 0. The van der Waals surface area contributed by atoms with Crippen molar-refractivity contribution in [1.29, 1.82) is 0 Å². The number of rotatable bonds is 3. The molecule has 1 unspecified atom stereocenters. The van der Waals surface area contributed by atoms with Gasteiger partial charge in [-0.3, -0.25) is 0 Å². The van der Waals surface area contributed by atoms with Crippen molar-refractivity contribution in [3.63, 3.8) is 0 Å². The minimum absolute atomic E-state index is 0.610. The minimum Gasteiger partial charge on any atom is -0.371 e. The van der Waals surface area contributed by atoms with Gasteiger partial charge in [-0.25, -0.2) is 0 Å². The molecule has 2 aromatic rings. The fraction of sp³-hybridized carbons (Fsp3) is 0.474. The van der Waals surface area contributed by atoms with Crippen LogP contribution >= 0.6 is 0 Å². The van der Waals surface area contributed by atoms with Gasteiger partial charge in [-0.2, -0.15) is 0 Å². The van der Waals surface area contributed by atoms with Gasteiger partial charge in [0.05, 0.1) is 0 Å². The molecule has 1 saturated heterocycles. The maximum Gasteiger partial charge on any atom is 0.0446 e. The topological polar surface area (TPSA) is 29.3 Å². The van der Waals surface area contributed by atoms with Gasteiger partial charge in [-0.15, -0.1) is 0 Å². The highest BCUT2D eigenvalue weighted by molar-refractivity contribution is 5.96. The standard InChI is InChI=1S/C19H26N2/c1-2-15-6-5-12-21(13-11-15)19-10-9-16(14-20)17-7-3-4-8-18(17)19/h3-4,7-10,15H,2,5-6,11-14,20H2,1H3. The molecule has 1 aliphatic heterocycles. The predicted octanol–water partition coefficient (Wildman–Crippen LogP) is 4.32. The molecule has 1 atom stereocenters. The molecular formula is C19H26N2. The Kier molecular flexibility index (Phi) is 4.45. The third-order valence-electron chi connectivity index (χ3n) is 4.98. The monoisotopic (exact) mass is 282 g/mol. The van der Waals surface area contributed by atoms with E-state index in [-0.39, 0.29) is 0 Å². The smallest absolute Gasteiger partial charge is 0.0446 e. The van der Waals surface area contributed by atoms with Crippen LogP contribution in [0.5, 0.6) is 0 Å². The van der Waals surface area contributed by atoms with E-state index < -0.39 is 0 Å². The lowest BCUT2D eigenvalue weighted by Crippen LogP contribution is -2.24. The Hall–Kier alpha value is -1.54. The van der Waals surface area contributed by atoms with Crippen molar-refractivity contribution in [3.05, 3.63) is 42.0 Å². The zero-order valence-corrected chi connectivity index (χ0v) is 13.0. The molecule has 2 nitrogen and oxygen atoms in total. The number of hydrogen-bond donors (Lipinski definition) is 1. The van der Waals surface area contributed by atoms with Crippen molar-refractivity contribution in [2.45, 2.75) is 39.2 Å². The summed E-state index contributed by atoms with van der Waals surface area (Å²) in [6, 6.07) is 13.2. The molecule has 0 aromatic heterocycles. The van der Waals surface area contributed by atoms with E-state index in [9.17, 15) is 0 Å². The third-order valence-corrected chi connectivity index (χ3v) is 4.98. The van der Waals surface area contributed by atoms with E-state index in [4.69, 9.17) is 5.73 Å². The van der Waals surface area contributed by atoms with Gasteiger partial charge in [-0.05, 0) is 42.2 Å². The molecule has 0 radical (unpaired) electrons. The van der Waals surface area contributed by atoms with Gasteiger partial charge in [0, 0.05) is 30.7 Å². The minimum atomic E-state index is 0.610. The summed E-state index contributed by atoms with van der Waals surface area (Å²) in [4.78, 5) is 2.58.